The first-order valence-electron chi connectivity index (χ1n) is 17.0. The third-order valence-corrected chi connectivity index (χ3v) is 13.1. The Morgan fingerprint density at radius 2 is 1.30 bits per heavy atom. The van der Waals surface area contributed by atoms with Crippen LogP contribution in [0.1, 0.15) is 98.7 Å². The van der Waals surface area contributed by atoms with E-state index in [1.807, 2.05) is 37.3 Å². The molecule has 8 heteroatoms. The summed E-state index contributed by atoms with van der Waals surface area (Å²) in [5.74, 6) is 1.11. The van der Waals surface area contributed by atoms with Crippen molar-refractivity contribution in [3.63, 3.8) is 0 Å². The number of alkyl halides is 1. The Morgan fingerprint density at radius 3 is 1.84 bits per heavy atom. The maximum absolute atomic E-state index is 14.2. The van der Waals surface area contributed by atoms with Crippen LogP contribution in [0.2, 0.25) is 0 Å². The van der Waals surface area contributed by atoms with E-state index in [0.717, 1.165) is 37.7 Å². The number of hydrogen-bond donors (Lipinski definition) is 0. The van der Waals surface area contributed by atoms with Crippen molar-refractivity contribution in [1.82, 2.24) is 0 Å². The number of cyclic esters (lactones) is 2. The van der Waals surface area contributed by atoms with Crippen molar-refractivity contribution in [2.75, 3.05) is 0 Å². The second-order valence-corrected chi connectivity index (χ2v) is 16.5. The van der Waals surface area contributed by atoms with Crippen LogP contribution in [-0.2, 0) is 33.3 Å². The van der Waals surface area contributed by atoms with Gasteiger partial charge in [-0.05, 0) is 73.7 Å². The summed E-state index contributed by atoms with van der Waals surface area (Å²) in [6.07, 6.45) is 3.21. The number of ether oxygens (including phenoxy) is 5. The first-order chi connectivity index (χ1) is 20.9. The third kappa shape index (κ3) is 5.28. The number of halogens is 1. The van der Waals surface area contributed by atoms with E-state index in [9.17, 15) is 9.59 Å². The van der Waals surface area contributed by atoms with E-state index >= 15 is 0 Å². The maximum Gasteiger partial charge on any atom is 0.327 e. The summed E-state index contributed by atoms with van der Waals surface area (Å²) < 4.78 is 31.1. The molecule has 3 aliphatic carbocycles. The number of esters is 2. The maximum atomic E-state index is 14.2. The number of hydrogen-bond acceptors (Lipinski definition) is 7. The van der Waals surface area contributed by atoms with Crippen molar-refractivity contribution in [3.05, 3.63) is 35.9 Å². The molecule has 7 nitrogen and oxygen atoms in total. The first-order valence-corrected chi connectivity index (χ1v) is 17.8. The van der Waals surface area contributed by atoms with Crippen molar-refractivity contribution in [1.29, 1.82) is 0 Å². The molecule has 0 bridgehead atoms. The molecule has 0 amide bonds. The van der Waals surface area contributed by atoms with Crippen molar-refractivity contribution in [2.45, 2.75) is 128 Å². The second-order valence-electron chi connectivity index (χ2n) is 15.2. The zero-order valence-corrected chi connectivity index (χ0v) is 29.0. The fraction of sp³-hybridized carbons (Fsp3) is 0.778. The summed E-state index contributed by atoms with van der Waals surface area (Å²) in [7, 11) is 0. The van der Waals surface area contributed by atoms with Gasteiger partial charge in [0.05, 0.1) is 24.2 Å². The Kier molecular flexibility index (Phi) is 9.06. The number of benzene rings is 1. The lowest BCUT2D eigenvalue weighted by atomic mass is 9.75. The van der Waals surface area contributed by atoms with Gasteiger partial charge in [-0.1, -0.05) is 101 Å². The van der Waals surface area contributed by atoms with Crippen LogP contribution in [0, 0.1) is 46.8 Å². The lowest BCUT2D eigenvalue weighted by molar-refractivity contribution is -0.225. The normalized spacial score (nSPS) is 44.1. The lowest BCUT2D eigenvalue weighted by Gasteiger charge is -2.39. The fourth-order valence-corrected chi connectivity index (χ4v) is 10.2. The highest BCUT2D eigenvalue weighted by Crippen LogP contribution is 2.78. The zero-order chi connectivity index (χ0) is 31.6. The van der Waals surface area contributed by atoms with E-state index in [1.54, 1.807) is 0 Å². The van der Waals surface area contributed by atoms with E-state index in [2.05, 4.69) is 57.5 Å². The summed E-state index contributed by atoms with van der Waals surface area (Å²) in [5, 5.41) is 0. The lowest BCUT2D eigenvalue weighted by Crippen LogP contribution is -2.46. The van der Waals surface area contributed by atoms with Crippen LogP contribution >= 0.6 is 15.9 Å². The Balaban J connectivity index is 1.32. The highest BCUT2D eigenvalue weighted by Gasteiger charge is 2.97. The van der Waals surface area contributed by atoms with E-state index in [0.29, 0.717) is 35.5 Å². The molecule has 1 spiro atoms. The van der Waals surface area contributed by atoms with E-state index < -0.39 is 46.3 Å². The summed E-state index contributed by atoms with van der Waals surface area (Å²) >= 11 is 3.76. The van der Waals surface area contributed by atoms with E-state index in [1.165, 1.54) is 6.42 Å². The Morgan fingerprint density at radius 1 is 0.773 bits per heavy atom. The summed E-state index contributed by atoms with van der Waals surface area (Å²) in [5.41, 5.74) is -0.324. The minimum Gasteiger partial charge on any atom is -0.434 e. The van der Waals surface area contributed by atoms with E-state index in [4.69, 9.17) is 23.7 Å². The van der Waals surface area contributed by atoms with Gasteiger partial charge in [0.25, 0.3) is 0 Å². The predicted octanol–water partition coefficient (Wildman–Crippen LogP) is 7.60. The molecule has 5 fully saturated rings. The van der Waals surface area contributed by atoms with Crippen LogP contribution in [0.3, 0.4) is 0 Å². The van der Waals surface area contributed by atoms with Gasteiger partial charge in [-0.15, -0.1) is 0 Å². The molecule has 2 aliphatic heterocycles. The first kappa shape index (κ1) is 32.5. The molecule has 0 radical (unpaired) electrons. The number of fused-ring (bicyclic) bond motifs is 3. The quantitative estimate of drug-likeness (QED) is 0.197. The third-order valence-electron chi connectivity index (χ3n) is 11.6. The molecule has 2 heterocycles. The molecule has 1 aromatic rings. The van der Waals surface area contributed by atoms with Crippen molar-refractivity contribution in [2.24, 2.45) is 46.8 Å². The van der Waals surface area contributed by atoms with Gasteiger partial charge in [0.2, 0.25) is 12.6 Å². The summed E-state index contributed by atoms with van der Waals surface area (Å²) in [6, 6.07) is 9.94. The van der Waals surface area contributed by atoms with E-state index in [-0.39, 0.29) is 18.3 Å². The number of carbonyl (C=O) groups is 2. The molecular weight excluding hydrogens is 624 g/mol. The van der Waals surface area contributed by atoms with Crippen LogP contribution in [0.5, 0.6) is 0 Å². The van der Waals surface area contributed by atoms with Crippen molar-refractivity contribution < 1.29 is 33.3 Å². The Hall–Kier alpha value is -1.48. The number of rotatable bonds is 9. The fourth-order valence-electron chi connectivity index (χ4n) is 8.99. The van der Waals surface area contributed by atoms with Gasteiger partial charge in [-0.2, -0.15) is 0 Å². The molecule has 3 saturated carbocycles. The average Bonchev–Trinajstić information content (AvgIpc) is 3.33. The zero-order valence-electron chi connectivity index (χ0n) is 27.4. The van der Waals surface area contributed by atoms with Gasteiger partial charge in [0, 0.05) is 0 Å². The molecular formula is C36H51BrO7. The van der Waals surface area contributed by atoms with Crippen LogP contribution in [0.4, 0.5) is 0 Å². The minimum atomic E-state index is -1.30. The van der Waals surface area contributed by atoms with Gasteiger partial charge in [0.1, 0.15) is 11.5 Å². The molecule has 5 aliphatic rings. The van der Waals surface area contributed by atoms with Crippen molar-refractivity contribution in [3.8, 4) is 0 Å². The SMILES string of the molecule is CC(O[C@H]1[C@H](O[C@@H]2C[C@H](C)CC[C@H]2C(C)C)OC(=O)[C@@]12[C@H]1[C@H](O[C@@H]3C[C@H](C)CC[C@H]3C(C)C)OC(=O)[C@]12Br)c1ccccc1. The molecule has 13 atom stereocenters. The smallest absolute Gasteiger partial charge is 0.327 e. The van der Waals surface area contributed by atoms with Gasteiger partial charge in [-0.25, -0.2) is 0 Å². The van der Waals surface area contributed by atoms with Crippen LogP contribution in [0.15, 0.2) is 30.3 Å². The molecule has 0 aromatic heterocycles. The topological polar surface area (TPSA) is 80.3 Å². The predicted molar refractivity (Wildman–Crippen MR) is 170 cm³/mol. The molecule has 6 rings (SSSR count). The molecule has 1 unspecified atom stereocenters. The van der Waals surface area contributed by atoms with Crippen LogP contribution in [-0.4, -0.2) is 47.2 Å². The van der Waals surface area contributed by atoms with Gasteiger partial charge in [0.15, 0.2) is 4.32 Å². The summed E-state index contributed by atoms with van der Waals surface area (Å²) in [6.45, 7) is 15.4. The monoisotopic (exact) mass is 674 g/mol. The molecule has 0 N–H and O–H groups in total. The highest BCUT2D eigenvalue weighted by atomic mass is 79.9. The summed E-state index contributed by atoms with van der Waals surface area (Å²) in [4.78, 5) is 27.9. The molecule has 2 saturated heterocycles. The van der Waals surface area contributed by atoms with Gasteiger partial charge >= 0.3 is 11.9 Å². The molecule has 1 aromatic carbocycles. The Bertz CT molecular complexity index is 1210. The number of carbonyl (C=O) groups excluding carboxylic acids is 2. The molecule has 44 heavy (non-hydrogen) atoms. The Labute approximate surface area is 271 Å². The largest absolute Gasteiger partial charge is 0.434 e. The van der Waals surface area contributed by atoms with Crippen LogP contribution in [0.25, 0.3) is 0 Å². The van der Waals surface area contributed by atoms with Crippen LogP contribution < -0.4 is 0 Å². The minimum absolute atomic E-state index is 0.0494. The van der Waals surface area contributed by atoms with Gasteiger partial charge in [-0.3, -0.25) is 9.59 Å². The standard InChI is InChI=1S/C36H51BrO7/c1-19(2)25-15-13-21(5)17-27(25)41-31-29-35(36(29,37)34(39)43-31)30(40-23(7)24-11-9-8-10-12-24)32(44-33(35)38)42-28-18-22(6)14-16-26(28)20(3)4/h8-12,19-23,25-32H,13-18H2,1-7H3/t21-,22-,23?,25+,26+,27-,28-,29-,30+,31-,32-,35-,36-/m1/s1. The molecule has 244 valence electrons. The van der Waals surface area contributed by atoms with Crippen molar-refractivity contribution >= 4 is 27.9 Å². The highest BCUT2D eigenvalue weighted by molar-refractivity contribution is 9.10. The average molecular weight is 676 g/mol. The van der Waals surface area contributed by atoms with Gasteiger partial charge < -0.3 is 23.7 Å². The second kappa shape index (κ2) is 12.3.